The number of benzene rings is 2. The first-order valence-corrected chi connectivity index (χ1v) is 6.38. The molecule has 0 spiro atoms. The zero-order valence-corrected chi connectivity index (χ0v) is 11.6. The molecule has 0 heterocycles. The van der Waals surface area contributed by atoms with Crippen LogP contribution in [0.3, 0.4) is 0 Å². The van der Waals surface area contributed by atoms with E-state index in [9.17, 15) is 9.90 Å². The maximum Gasteiger partial charge on any atom is 0.307 e. The van der Waals surface area contributed by atoms with Gasteiger partial charge in [-0.1, -0.05) is 35.3 Å². The molecule has 0 aliphatic heterocycles. The molecular weight excluding hydrogens is 303 g/mol. The summed E-state index contributed by atoms with van der Waals surface area (Å²) in [7, 11) is 0. The Hall–Kier alpha value is -1.91. The van der Waals surface area contributed by atoms with Crippen molar-refractivity contribution in [2.45, 2.75) is 6.42 Å². The van der Waals surface area contributed by atoms with Crippen molar-refractivity contribution in [1.82, 2.24) is 0 Å². The Bertz CT molecular complexity index is 635. The van der Waals surface area contributed by atoms with Gasteiger partial charge in [0.25, 0.3) is 0 Å². The smallest absolute Gasteiger partial charge is 0.307 e. The number of halogens is 2. The highest BCUT2D eigenvalue weighted by Crippen LogP contribution is 2.38. The molecule has 0 atom stereocenters. The molecule has 0 amide bonds. The lowest BCUT2D eigenvalue weighted by Gasteiger charge is -2.12. The quantitative estimate of drug-likeness (QED) is 0.891. The fraction of sp³-hybridized carbons (Fsp3) is 0.0714. The van der Waals surface area contributed by atoms with Gasteiger partial charge in [-0.3, -0.25) is 4.79 Å². The second-order valence-electron chi connectivity index (χ2n) is 4.02. The van der Waals surface area contributed by atoms with Gasteiger partial charge in [0.2, 0.25) is 0 Å². The third kappa shape index (κ3) is 3.35. The normalized spacial score (nSPS) is 10.3. The molecule has 0 aromatic heterocycles. The van der Waals surface area contributed by atoms with Crippen LogP contribution in [0.15, 0.2) is 36.4 Å². The lowest BCUT2D eigenvalue weighted by molar-refractivity contribution is -0.136. The van der Waals surface area contributed by atoms with E-state index in [1.165, 1.54) is 18.2 Å². The molecule has 4 nitrogen and oxygen atoms in total. The summed E-state index contributed by atoms with van der Waals surface area (Å²) in [6, 6.07) is 9.05. The van der Waals surface area contributed by atoms with E-state index in [0.717, 1.165) is 0 Å². The average Bonchev–Trinajstić information content (AvgIpc) is 2.36. The van der Waals surface area contributed by atoms with Gasteiger partial charge >= 0.3 is 5.97 Å². The van der Waals surface area contributed by atoms with Crippen LogP contribution in [0.2, 0.25) is 10.0 Å². The number of rotatable bonds is 4. The standard InChI is InChI=1S/C14H10Cl2O4/c15-10-2-1-3-11(16)14(10)20-12-7-9(17)5-4-8(12)6-13(18)19/h1-5,7,17H,6H2,(H,18,19). The first-order valence-electron chi connectivity index (χ1n) is 5.63. The number of phenols is 1. The summed E-state index contributed by atoms with van der Waals surface area (Å²) < 4.78 is 5.57. The highest BCUT2D eigenvalue weighted by atomic mass is 35.5. The Labute approximate surface area is 125 Å². The average molecular weight is 313 g/mol. The van der Waals surface area contributed by atoms with E-state index < -0.39 is 5.97 Å². The molecule has 2 rings (SSSR count). The third-order valence-electron chi connectivity index (χ3n) is 2.52. The molecule has 2 aromatic rings. The summed E-state index contributed by atoms with van der Waals surface area (Å²) in [6.45, 7) is 0. The first-order chi connectivity index (χ1) is 9.47. The second-order valence-corrected chi connectivity index (χ2v) is 4.83. The fourth-order valence-corrected chi connectivity index (χ4v) is 2.11. The summed E-state index contributed by atoms with van der Waals surface area (Å²) in [5.41, 5.74) is 0.409. The summed E-state index contributed by atoms with van der Waals surface area (Å²) in [6.07, 6.45) is -0.238. The Morgan fingerprint density at radius 1 is 1.15 bits per heavy atom. The van der Waals surface area contributed by atoms with E-state index in [0.29, 0.717) is 15.6 Å². The van der Waals surface area contributed by atoms with Gasteiger partial charge in [0.15, 0.2) is 5.75 Å². The van der Waals surface area contributed by atoms with Crippen molar-refractivity contribution in [3.63, 3.8) is 0 Å². The van der Waals surface area contributed by atoms with Gasteiger partial charge in [0, 0.05) is 11.6 Å². The summed E-state index contributed by atoms with van der Waals surface area (Å²) in [5, 5.41) is 18.9. The monoisotopic (exact) mass is 312 g/mol. The zero-order valence-electron chi connectivity index (χ0n) is 10.1. The molecule has 0 aliphatic rings. The molecule has 0 radical (unpaired) electrons. The molecule has 0 saturated carbocycles. The minimum atomic E-state index is -1.01. The minimum Gasteiger partial charge on any atom is -0.508 e. The highest BCUT2D eigenvalue weighted by Gasteiger charge is 2.13. The van der Waals surface area contributed by atoms with E-state index in [4.69, 9.17) is 33.0 Å². The van der Waals surface area contributed by atoms with Gasteiger partial charge in [-0.05, 0) is 18.2 Å². The predicted octanol–water partition coefficient (Wildman–Crippen LogP) is 4.12. The molecule has 2 N–H and O–H groups in total. The molecular formula is C14H10Cl2O4. The van der Waals surface area contributed by atoms with Crippen molar-refractivity contribution >= 4 is 29.2 Å². The van der Waals surface area contributed by atoms with Crippen molar-refractivity contribution in [2.24, 2.45) is 0 Å². The van der Waals surface area contributed by atoms with Crippen molar-refractivity contribution in [3.8, 4) is 17.2 Å². The number of phenolic OH excluding ortho intramolecular Hbond substituents is 1. The van der Waals surface area contributed by atoms with Crippen molar-refractivity contribution < 1.29 is 19.7 Å². The van der Waals surface area contributed by atoms with E-state index in [-0.39, 0.29) is 23.7 Å². The molecule has 6 heteroatoms. The number of carboxylic acid groups (broad SMARTS) is 1. The molecule has 0 saturated heterocycles. The van der Waals surface area contributed by atoms with Crippen molar-refractivity contribution in [1.29, 1.82) is 0 Å². The first kappa shape index (κ1) is 14.5. The van der Waals surface area contributed by atoms with Crippen molar-refractivity contribution in [3.05, 3.63) is 52.0 Å². The van der Waals surface area contributed by atoms with Crippen LogP contribution < -0.4 is 4.74 Å². The SMILES string of the molecule is O=C(O)Cc1ccc(O)cc1Oc1c(Cl)cccc1Cl. The highest BCUT2D eigenvalue weighted by molar-refractivity contribution is 6.37. The molecule has 0 bridgehead atoms. The van der Waals surface area contributed by atoms with Crippen LogP contribution in [0, 0.1) is 0 Å². The lowest BCUT2D eigenvalue weighted by atomic mass is 10.1. The minimum absolute atomic E-state index is 0.0442. The molecule has 0 aliphatic carbocycles. The van der Waals surface area contributed by atoms with Crippen LogP contribution in [0.5, 0.6) is 17.2 Å². The largest absolute Gasteiger partial charge is 0.508 e. The maximum atomic E-state index is 10.8. The molecule has 2 aromatic carbocycles. The van der Waals surface area contributed by atoms with E-state index >= 15 is 0 Å². The number of hydrogen-bond acceptors (Lipinski definition) is 3. The fourth-order valence-electron chi connectivity index (χ4n) is 1.64. The molecule has 104 valence electrons. The molecule has 20 heavy (non-hydrogen) atoms. The number of carbonyl (C=O) groups is 1. The number of aliphatic carboxylic acids is 1. The number of hydrogen-bond donors (Lipinski definition) is 2. The van der Waals surface area contributed by atoms with Crippen LogP contribution in [0.1, 0.15) is 5.56 Å². The second kappa shape index (κ2) is 6.03. The predicted molar refractivity (Wildman–Crippen MR) is 76.0 cm³/mol. The molecule has 0 unspecified atom stereocenters. The van der Waals surface area contributed by atoms with E-state index in [1.54, 1.807) is 18.2 Å². The summed E-state index contributed by atoms with van der Waals surface area (Å²) in [4.78, 5) is 10.8. The number of aromatic hydroxyl groups is 1. The van der Waals surface area contributed by atoms with Gasteiger partial charge in [-0.25, -0.2) is 0 Å². The number of carboxylic acids is 1. The Morgan fingerprint density at radius 2 is 1.80 bits per heavy atom. The van der Waals surface area contributed by atoms with Crippen LogP contribution in [0.4, 0.5) is 0 Å². The number of ether oxygens (including phenoxy) is 1. The van der Waals surface area contributed by atoms with Gasteiger partial charge in [-0.2, -0.15) is 0 Å². The molecule has 0 fully saturated rings. The van der Waals surface area contributed by atoms with Gasteiger partial charge < -0.3 is 14.9 Å². The Morgan fingerprint density at radius 3 is 2.40 bits per heavy atom. The number of para-hydroxylation sites is 1. The van der Waals surface area contributed by atoms with Crippen molar-refractivity contribution in [2.75, 3.05) is 0 Å². The topological polar surface area (TPSA) is 66.8 Å². The van der Waals surface area contributed by atoms with E-state index in [1.807, 2.05) is 0 Å². The van der Waals surface area contributed by atoms with Gasteiger partial charge in [0.05, 0.1) is 16.5 Å². The Kier molecular flexibility index (Phi) is 4.37. The summed E-state index contributed by atoms with van der Waals surface area (Å²) in [5.74, 6) is -0.640. The Balaban J connectivity index is 2.42. The lowest BCUT2D eigenvalue weighted by Crippen LogP contribution is -2.02. The van der Waals surface area contributed by atoms with Crippen LogP contribution in [-0.4, -0.2) is 16.2 Å². The van der Waals surface area contributed by atoms with Crippen LogP contribution >= 0.6 is 23.2 Å². The van der Waals surface area contributed by atoms with Gasteiger partial charge in [0.1, 0.15) is 11.5 Å². The third-order valence-corrected chi connectivity index (χ3v) is 3.12. The van der Waals surface area contributed by atoms with Crippen LogP contribution in [0.25, 0.3) is 0 Å². The van der Waals surface area contributed by atoms with Crippen LogP contribution in [-0.2, 0) is 11.2 Å². The zero-order chi connectivity index (χ0) is 14.7. The maximum absolute atomic E-state index is 10.8. The summed E-state index contributed by atoms with van der Waals surface area (Å²) >= 11 is 12.0. The van der Waals surface area contributed by atoms with Gasteiger partial charge in [-0.15, -0.1) is 0 Å². The van der Waals surface area contributed by atoms with E-state index in [2.05, 4.69) is 0 Å².